The van der Waals surface area contributed by atoms with E-state index in [2.05, 4.69) is 10.2 Å². The zero-order valence-electron chi connectivity index (χ0n) is 17.8. The largest absolute Gasteiger partial charge is 0.376 e. The molecule has 1 N–H and O–H groups in total. The Morgan fingerprint density at radius 2 is 2.16 bits per heavy atom. The number of aryl methyl sites for hydroxylation is 1. The number of nitriles is 1. The number of anilines is 1. The molecule has 2 fully saturated rings. The first kappa shape index (κ1) is 21.1. The third-order valence-electron chi connectivity index (χ3n) is 5.89. The summed E-state index contributed by atoms with van der Waals surface area (Å²) < 4.78 is 7.00. The van der Waals surface area contributed by atoms with Gasteiger partial charge < -0.3 is 15.0 Å². The molecule has 162 valence electrons. The monoisotopic (exact) mass is 421 g/mol. The first-order chi connectivity index (χ1) is 15.1. The van der Waals surface area contributed by atoms with Crippen LogP contribution in [0.25, 0.3) is 11.7 Å². The van der Waals surface area contributed by atoms with Crippen LogP contribution in [0.2, 0.25) is 0 Å². The van der Waals surface area contributed by atoms with Gasteiger partial charge in [-0.2, -0.15) is 5.26 Å². The number of carbonyl (C=O) groups excluding carboxylic acids is 1. The van der Waals surface area contributed by atoms with Crippen molar-refractivity contribution in [2.75, 3.05) is 31.1 Å². The number of amides is 1. The van der Waals surface area contributed by atoms with Gasteiger partial charge in [0.15, 0.2) is 0 Å². The molecule has 1 amide bonds. The highest BCUT2D eigenvalue weighted by Crippen LogP contribution is 2.23. The lowest BCUT2D eigenvalue weighted by Gasteiger charge is -2.29. The van der Waals surface area contributed by atoms with Crippen LogP contribution in [0.5, 0.6) is 0 Å². The fourth-order valence-corrected chi connectivity index (χ4v) is 4.17. The minimum atomic E-state index is -0.503. The molecule has 1 unspecified atom stereocenters. The second-order valence-electron chi connectivity index (χ2n) is 8.10. The summed E-state index contributed by atoms with van der Waals surface area (Å²) in [5, 5.41) is 12.4. The normalized spacial score (nSPS) is 19.4. The Morgan fingerprint density at radius 1 is 1.35 bits per heavy atom. The van der Waals surface area contributed by atoms with Crippen LogP contribution in [-0.2, 0) is 9.53 Å². The van der Waals surface area contributed by atoms with Gasteiger partial charge in [-0.3, -0.25) is 14.0 Å². The molecule has 0 saturated carbocycles. The van der Waals surface area contributed by atoms with E-state index in [-0.39, 0.29) is 22.8 Å². The molecule has 2 aliphatic heterocycles. The quantitative estimate of drug-likeness (QED) is 0.587. The molecule has 0 spiro atoms. The van der Waals surface area contributed by atoms with Crippen LogP contribution in [0, 0.1) is 18.3 Å². The number of nitrogens with one attached hydrogen (secondary N) is 1. The number of rotatable bonds is 5. The van der Waals surface area contributed by atoms with Crippen LogP contribution in [0.3, 0.4) is 0 Å². The summed E-state index contributed by atoms with van der Waals surface area (Å²) in [6.07, 6.45) is 8.07. The van der Waals surface area contributed by atoms with E-state index in [1.807, 2.05) is 19.1 Å². The number of fused-ring (bicyclic) bond motifs is 1. The minimum Gasteiger partial charge on any atom is -0.376 e. The molecule has 0 aromatic carbocycles. The number of hydrogen-bond acceptors (Lipinski definition) is 6. The maximum absolute atomic E-state index is 13.4. The first-order valence-electron chi connectivity index (χ1n) is 10.9. The zero-order valence-corrected chi connectivity index (χ0v) is 17.8. The number of carbonyl (C=O) groups is 1. The number of nitrogens with zero attached hydrogens (tertiary/aromatic N) is 4. The second-order valence-corrected chi connectivity index (χ2v) is 8.10. The van der Waals surface area contributed by atoms with E-state index in [0.29, 0.717) is 24.6 Å². The highest BCUT2D eigenvalue weighted by molar-refractivity contribution is 6.02. The van der Waals surface area contributed by atoms with Crippen molar-refractivity contribution in [3.63, 3.8) is 0 Å². The van der Waals surface area contributed by atoms with Gasteiger partial charge in [-0.15, -0.1) is 0 Å². The zero-order chi connectivity index (χ0) is 21.8. The summed E-state index contributed by atoms with van der Waals surface area (Å²) in [5.74, 6) is 0.0370. The third-order valence-corrected chi connectivity index (χ3v) is 5.89. The maximum Gasteiger partial charge on any atom is 0.267 e. The molecule has 2 aromatic rings. The summed E-state index contributed by atoms with van der Waals surface area (Å²) in [5.41, 5.74) is 1.36. The molecule has 8 heteroatoms. The Morgan fingerprint density at radius 3 is 2.87 bits per heavy atom. The van der Waals surface area contributed by atoms with Crippen molar-refractivity contribution in [2.24, 2.45) is 0 Å². The van der Waals surface area contributed by atoms with Gasteiger partial charge in [0, 0.05) is 32.4 Å². The van der Waals surface area contributed by atoms with Crippen LogP contribution in [0.15, 0.2) is 28.7 Å². The summed E-state index contributed by atoms with van der Waals surface area (Å²) in [6.45, 7) is 4.55. The molecule has 0 aliphatic carbocycles. The molecule has 4 rings (SSSR count). The molecular formula is C23H27N5O3. The van der Waals surface area contributed by atoms with Crippen molar-refractivity contribution < 1.29 is 9.53 Å². The van der Waals surface area contributed by atoms with E-state index in [4.69, 9.17) is 9.72 Å². The number of pyridine rings is 1. The van der Waals surface area contributed by atoms with Crippen LogP contribution in [-0.4, -0.2) is 47.6 Å². The lowest BCUT2D eigenvalue weighted by Crippen LogP contribution is -2.34. The van der Waals surface area contributed by atoms with Crippen molar-refractivity contribution in [3.8, 4) is 6.07 Å². The maximum atomic E-state index is 13.4. The topological polar surface area (TPSA) is 99.7 Å². The molecule has 0 radical (unpaired) electrons. The molecule has 4 heterocycles. The Labute approximate surface area is 181 Å². The lowest BCUT2D eigenvalue weighted by atomic mass is 10.1. The van der Waals surface area contributed by atoms with E-state index >= 15 is 0 Å². The summed E-state index contributed by atoms with van der Waals surface area (Å²) in [6, 6.07) is 5.66. The average molecular weight is 422 g/mol. The standard InChI is InChI=1S/C23H27N5O3/c1-16-7-5-11-28-20(16)26-21(27-9-3-2-4-10-27)19(23(28)30)13-17(14-24)22(29)25-15-18-8-6-12-31-18/h5,7,11,13,18H,2-4,6,8-10,12,15H2,1H3,(H,25,29). The van der Waals surface area contributed by atoms with Crippen molar-refractivity contribution in [2.45, 2.75) is 45.1 Å². The molecular weight excluding hydrogens is 394 g/mol. The predicted molar refractivity (Wildman–Crippen MR) is 118 cm³/mol. The smallest absolute Gasteiger partial charge is 0.267 e. The average Bonchev–Trinajstić information content (AvgIpc) is 3.31. The molecule has 2 saturated heterocycles. The van der Waals surface area contributed by atoms with Gasteiger partial charge >= 0.3 is 0 Å². The summed E-state index contributed by atoms with van der Waals surface area (Å²) in [4.78, 5) is 32.9. The van der Waals surface area contributed by atoms with Gasteiger partial charge in [-0.25, -0.2) is 4.98 Å². The van der Waals surface area contributed by atoms with E-state index in [0.717, 1.165) is 50.8 Å². The van der Waals surface area contributed by atoms with Crippen LogP contribution in [0.4, 0.5) is 5.82 Å². The molecule has 8 nitrogen and oxygen atoms in total. The van der Waals surface area contributed by atoms with Crippen molar-refractivity contribution in [1.29, 1.82) is 5.26 Å². The predicted octanol–water partition coefficient (Wildman–Crippen LogP) is 2.20. The Kier molecular flexibility index (Phi) is 6.33. The van der Waals surface area contributed by atoms with Crippen molar-refractivity contribution in [3.05, 3.63) is 45.4 Å². The van der Waals surface area contributed by atoms with Crippen LogP contribution in [0.1, 0.15) is 43.2 Å². The van der Waals surface area contributed by atoms with Crippen LogP contribution < -0.4 is 15.8 Å². The minimum absolute atomic E-state index is 0.0243. The third kappa shape index (κ3) is 4.47. The fourth-order valence-electron chi connectivity index (χ4n) is 4.17. The fraction of sp³-hybridized carbons (Fsp3) is 0.478. The van der Waals surface area contributed by atoms with Crippen molar-refractivity contribution >= 4 is 23.4 Å². The number of piperidine rings is 1. The first-order valence-corrected chi connectivity index (χ1v) is 10.9. The van der Waals surface area contributed by atoms with Gasteiger partial charge in [0.25, 0.3) is 11.5 Å². The van der Waals surface area contributed by atoms with E-state index in [1.54, 1.807) is 12.3 Å². The van der Waals surface area contributed by atoms with Gasteiger partial charge in [-0.1, -0.05) is 6.07 Å². The van der Waals surface area contributed by atoms with Gasteiger partial charge in [0.2, 0.25) is 0 Å². The number of hydrogen-bond donors (Lipinski definition) is 1. The lowest BCUT2D eigenvalue weighted by molar-refractivity contribution is -0.117. The van der Waals surface area contributed by atoms with Crippen molar-refractivity contribution in [1.82, 2.24) is 14.7 Å². The van der Waals surface area contributed by atoms with Gasteiger partial charge in [0.1, 0.15) is 23.1 Å². The number of aromatic nitrogens is 2. The molecule has 31 heavy (non-hydrogen) atoms. The Hall–Kier alpha value is -3.18. The summed E-state index contributed by atoms with van der Waals surface area (Å²) in [7, 11) is 0. The van der Waals surface area contributed by atoms with E-state index < -0.39 is 5.91 Å². The van der Waals surface area contributed by atoms with E-state index in [1.165, 1.54) is 10.5 Å². The van der Waals surface area contributed by atoms with Gasteiger partial charge in [-0.05, 0) is 56.7 Å². The summed E-state index contributed by atoms with van der Waals surface area (Å²) >= 11 is 0. The molecule has 0 bridgehead atoms. The van der Waals surface area contributed by atoms with E-state index in [9.17, 15) is 14.9 Å². The molecule has 2 aliphatic rings. The molecule has 1 atom stereocenters. The Bertz CT molecular complexity index is 1100. The van der Waals surface area contributed by atoms with Gasteiger partial charge in [0.05, 0.1) is 11.7 Å². The Balaban J connectivity index is 1.74. The SMILES string of the molecule is Cc1cccn2c(=O)c(C=C(C#N)C(=O)NCC3CCCO3)c(N3CCCCC3)nc12. The number of ether oxygens (including phenoxy) is 1. The van der Waals surface area contributed by atoms with Crippen LogP contribution >= 0.6 is 0 Å². The molecule has 2 aromatic heterocycles. The highest BCUT2D eigenvalue weighted by Gasteiger charge is 2.22. The second kappa shape index (κ2) is 9.31. The highest BCUT2D eigenvalue weighted by atomic mass is 16.5.